The van der Waals surface area contributed by atoms with Gasteiger partial charge in [0.2, 0.25) is 0 Å². The highest BCUT2D eigenvalue weighted by Crippen LogP contribution is 2.31. The van der Waals surface area contributed by atoms with Gasteiger partial charge in [-0.05, 0) is 48.2 Å². The van der Waals surface area contributed by atoms with Crippen LogP contribution in [0, 0.1) is 0 Å². The van der Waals surface area contributed by atoms with Crippen LogP contribution in [0.5, 0.6) is 0 Å². The molecule has 4 aromatic rings. The van der Waals surface area contributed by atoms with Crippen molar-refractivity contribution in [1.82, 2.24) is 19.4 Å². The Morgan fingerprint density at radius 3 is 2.46 bits per heavy atom. The Kier molecular flexibility index (Phi) is 7.23. The number of nitrogens with two attached hydrogens (primary N) is 1. The summed E-state index contributed by atoms with van der Waals surface area (Å²) >= 11 is 1.56. The molecular formula is C28H27N5O3S. The van der Waals surface area contributed by atoms with E-state index < -0.39 is 0 Å². The first-order chi connectivity index (χ1) is 18.0. The van der Waals surface area contributed by atoms with Crippen molar-refractivity contribution in [3.63, 3.8) is 0 Å². The third kappa shape index (κ3) is 5.22. The first kappa shape index (κ1) is 24.6. The molecule has 188 valence electrons. The summed E-state index contributed by atoms with van der Waals surface area (Å²) in [6.07, 6.45) is 3.03. The van der Waals surface area contributed by atoms with Gasteiger partial charge in [-0.15, -0.1) is 11.8 Å². The van der Waals surface area contributed by atoms with Gasteiger partial charge >= 0.3 is 5.69 Å². The number of carbonyl (C=O) groups is 1. The summed E-state index contributed by atoms with van der Waals surface area (Å²) in [7, 11) is 0. The highest BCUT2D eigenvalue weighted by molar-refractivity contribution is 7.99. The van der Waals surface area contributed by atoms with Crippen molar-refractivity contribution in [3.8, 4) is 22.3 Å². The van der Waals surface area contributed by atoms with Crippen LogP contribution in [0.1, 0.15) is 23.2 Å². The van der Waals surface area contributed by atoms with E-state index in [9.17, 15) is 14.4 Å². The molecule has 0 bridgehead atoms. The lowest BCUT2D eigenvalue weighted by molar-refractivity contribution is 0.0952. The highest BCUT2D eigenvalue weighted by Gasteiger charge is 2.22. The van der Waals surface area contributed by atoms with Gasteiger partial charge in [0, 0.05) is 42.7 Å². The molecule has 8 nitrogen and oxygen atoms in total. The smallest absolute Gasteiger partial charge is 0.331 e. The van der Waals surface area contributed by atoms with Gasteiger partial charge in [-0.1, -0.05) is 42.5 Å². The molecule has 0 spiro atoms. The van der Waals surface area contributed by atoms with Gasteiger partial charge in [-0.2, -0.15) is 0 Å². The van der Waals surface area contributed by atoms with Crippen molar-refractivity contribution in [1.29, 1.82) is 0 Å². The molecule has 0 radical (unpaired) electrons. The Labute approximate surface area is 218 Å². The number of nitrogens with zero attached hydrogens (tertiary/aromatic N) is 3. The van der Waals surface area contributed by atoms with Crippen LogP contribution in [0.15, 0.2) is 87.5 Å². The normalized spacial score (nSPS) is 12.6. The number of hydrogen-bond acceptors (Lipinski definition) is 6. The molecule has 1 aliphatic heterocycles. The maximum atomic E-state index is 13.4. The molecule has 0 saturated carbocycles. The number of nitrogen functional groups attached to an aromatic ring is 1. The van der Waals surface area contributed by atoms with Crippen LogP contribution in [0.2, 0.25) is 0 Å². The van der Waals surface area contributed by atoms with Crippen LogP contribution < -0.4 is 22.3 Å². The predicted molar refractivity (Wildman–Crippen MR) is 147 cm³/mol. The lowest BCUT2D eigenvalue weighted by Crippen LogP contribution is -2.43. The Bertz CT molecular complexity index is 1530. The van der Waals surface area contributed by atoms with E-state index in [-0.39, 0.29) is 23.7 Å². The van der Waals surface area contributed by atoms with Gasteiger partial charge in [-0.3, -0.25) is 18.7 Å². The summed E-state index contributed by atoms with van der Waals surface area (Å²) in [5.74, 6) is 1.13. The summed E-state index contributed by atoms with van der Waals surface area (Å²) in [4.78, 5) is 43.3. The number of rotatable bonds is 7. The molecule has 1 amide bonds. The zero-order valence-electron chi connectivity index (χ0n) is 20.2. The van der Waals surface area contributed by atoms with Crippen molar-refractivity contribution in [2.45, 2.75) is 31.0 Å². The summed E-state index contributed by atoms with van der Waals surface area (Å²) in [6.45, 7) is 1.16. The van der Waals surface area contributed by atoms with Crippen LogP contribution in [0.4, 0.5) is 5.82 Å². The van der Waals surface area contributed by atoms with Crippen LogP contribution in [0.3, 0.4) is 0 Å². The van der Waals surface area contributed by atoms with E-state index in [0.29, 0.717) is 36.5 Å². The van der Waals surface area contributed by atoms with Gasteiger partial charge in [0.25, 0.3) is 11.5 Å². The third-order valence-electron chi connectivity index (χ3n) is 6.32. The predicted octanol–water partition coefficient (Wildman–Crippen LogP) is 3.64. The highest BCUT2D eigenvalue weighted by atomic mass is 32.2. The van der Waals surface area contributed by atoms with E-state index in [1.165, 1.54) is 4.57 Å². The Morgan fingerprint density at radius 2 is 1.73 bits per heavy atom. The maximum Gasteiger partial charge on any atom is 0.331 e. The average molecular weight is 514 g/mol. The largest absolute Gasteiger partial charge is 0.384 e. The van der Waals surface area contributed by atoms with Crippen molar-refractivity contribution in [2.75, 3.05) is 18.0 Å². The number of fused-ring (bicyclic) bond motifs is 1. The fourth-order valence-electron chi connectivity index (χ4n) is 4.40. The maximum absolute atomic E-state index is 13.4. The Morgan fingerprint density at radius 1 is 0.973 bits per heavy atom. The van der Waals surface area contributed by atoms with E-state index in [1.807, 2.05) is 48.5 Å². The Balaban J connectivity index is 1.27. The number of thioether (sulfide) groups is 1. The van der Waals surface area contributed by atoms with Crippen LogP contribution in [0.25, 0.3) is 22.3 Å². The number of anilines is 1. The minimum absolute atomic E-state index is 0.210. The molecule has 0 aliphatic carbocycles. The second kappa shape index (κ2) is 10.9. The second-order valence-electron chi connectivity index (χ2n) is 8.80. The standard InChI is InChI=1S/C28H27N5O3S/c29-23-13-12-22(18-31-23)19-8-10-21(11-9-19)25(34)30-14-4-15-32-26(35)24(20-6-2-1-3-7-20)27-33(28(32)36)16-5-17-37-27/h1-3,6-13,18H,4-5,14-17H2,(H2,29,31)(H,30,34). The van der Waals surface area contributed by atoms with Crippen molar-refractivity contribution in [2.24, 2.45) is 0 Å². The molecule has 0 unspecified atom stereocenters. The zero-order chi connectivity index (χ0) is 25.8. The number of nitrogens with one attached hydrogen (secondary N) is 1. The van der Waals surface area contributed by atoms with E-state index in [2.05, 4.69) is 10.3 Å². The zero-order valence-corrected chi connectivity index (χ0v) is 21.0. The second-order valence-corrected chi connectivity index (χ2v) is 9.88. The quantitative estimate of drug-likeness (QED) is 0.288. The van der Waals surface area contributed by atoms with Crippen LogP contribution in [-0.2, 0) is 13.1 Å². The van der Waals surface area contributed by atoms with E-state index >= 15 is 0 Å². The SMILES string of the molecule is Nc1ccc(-c2ccc(C(=O)NCCCn3c(=O)c(-c4ccccc4)c4n(c3=O)CCCS4)cc2)cn1. The van der Waals surface area contributed by atoms with E-state index in [1.54, 1.807) is 40.7 Å². The molecule has 2 aromatic heterocycles. The molecule has 0 saturated heterocycles. The molecule has 9 heteroatoms. The van der Waals surface area contributed by atoms with Gasteiger partial charge in [0.15, 0.2) is 0 Å². The topological polar surface area (TPSA) is 112 Å². The lowest BCUT2D eigenvalue weighted by Gasteiger charge is -2.22. The van der Waals surface area contributed by atoms with Gasteiger partial charge < -0.3 is 11.1 Å². The molecule has 5 rings (SSSR count). The van der Waals surface area contributed by atoms with Crippen LogP contribution in [-0.4, -0.2) is 32.3 Å². The number of aromatic nitrogens is 3. The van der Waals surface area contributed by atoms with Crippen LogP contribution >= 0.6 is 11.8 Å². The number of benzene rings is 2. The number of pyridine rings is 1. The summed E-state index contributed by atoms with van der Waals surface area (Å²) < 4.78 is 3.02. The van der Waals surface area contributed by atoms with Gasteiger partial charge in [0.05, 0.1) is 10.6 Å². The van der Waals surface area contributed by atoms with E-state index in [0.717, 1.165) is 33.9 Å². The van der Waals surface area contributed by atoms with Crippen molar-refractivity contribution in [3.05, 3.63) is 99.3 Å². The minimum atomic E-state index is -0.286. The molecule has 3 N–H and O–H groups in total. The monoisotopic (exact) mass is 513 g/mol. The Hall–Kier alpha value is -4.11. The van der Waals surface area contributed by atoms with Gasteiger partial charge in [-0.25, -0.2) is 9.78 Å². The van der Waals surface area contributed by atoms with Crippen molar-refractivity contribution < 1.29 is 4.79 Å². The number of amides is 1. The molecule has 3 heterocycles. The minimum Gasteiger partial charge on any atom is -0.384 e. The number of carbonyl (C=O) groups excluding carboxylic acids is 1. The average Bonchev–Trinajstić information content (AvgIpc) is 2.94. The molecule has 37 heavy (non-hydrogen) atoms. The molecule has 0 fully saturated rings. The first-order valence-corrected chi connectivity index (χ1v) is 13.2. The fraction of sp³-hybridized carbons (Fsp3) is 0.214. The molecule has 2 aromatic carbocycles. The van der Waals surface area contributed by atoms with Gasteiger partial charge in [0.1, 0.15) is 5.82 Å². The number of hydrogen-bond donors (Lipinski definition) is 2. The molecule has 0 atom stereocenters. The molecule has 1 aliphatic rings. The summed E-state index contributed by atoms with van der Waals surface area (Å²) in [6, 6.07) is 20.3. The summed E-state index contributed by atoms with van der Waals surface area (Å²) in [5.41, 5.74) is 8.84. The lowest BCUT2D eigenvalue weighted by atomic mass is 10.1. The summed E-state index contributed by atoms with van der Waals surface area (Å²) in [5, 5.41) is 3.63. The first-order valence-electron chi connectivity index (χ1n) is 12.2. The molecular weight excluding hydrogens is 486 g/mol. The van der Waals surface area contributed by atoms with Crippen molar-refractivity contribution >= 4 is 23.5 Å². The fourth-order valence-corrected chi connectivity index (χ4v) is 5.54. The van der Waals surface area contributed by atoms with E-state index in [4.69, 9.17) is 5.73 Å². The third-order valence-corrected chi connectivity index (χ3v) is 7.51.